The summed E-state index contributed by atoms with van der Waals surface area (Å²) >= 11 is 0. The van der Waals surface area contributed by atoms with Gasteiger partial charge in [0.15, 0.2) is 5.78 Å². The van der Waals surface area contributed by atoms with E-state index < -0.39 is 12.1 Å². The molecule has 2 atom stereocenters. The highest BCUT2D eigenvalue weighted by molar-refractivity contribution is 6.05. The summed E-state index contributed by atoms with van der Waals surface area (Å²) in [7, 11) is 3.34. The Morgan fingerprint density at radius 3 is 2.61 bits per heavy atom. The monoisotopic (exact) mass is 514 g/mol. The van der Waals surface area contributed by atoms with Crippen LogP contribution in [0.15, 0.2) is 54.6 Å². The van der Waals surface area contributed by atoms with E-state index in [0.717, 1.165) is 40.6 Å². The quantitative estimate of drug-likeness (QED) is 0.552. The summed E-state index contributed by atoms with van der Waals surface area (Å²) in [6.07, 6.45) is 1.97. The van der Waals surface area contributed by atoms with E-state index in [1.54, 1.807) is 26.0 Å². The smallest absolute Gasteiger partial charge is 0.251 e. The second-order valence-electron chi connectivity index (χ2n) is 9.99. The van der Waals surface area contributed by atoms with E-state index in [2.05, 4.69) is 15.5 Å². The summed E-state index contributed by atoms with van der Waals surface area (Å²) in [5.74, 6) is 0.388. The van der Waals surface area contributed by atoms with E-state index in [1.165, 1.54) is 0 Å². The molecule has 0 radical (unpaired) electrons. The molecule has 38 heavy (non-hydrogen) atoms. The van der Waals surface area contributed by atoms with Crippen LogP contribution in [-0.4, -0.2) is 56.9 Å². The Morgan fingerprint density at radius 2 is 1.84 bits per heavy atom. The Balaban J connectivity index is 1.68. The van der Waals surface area contributed by atoms with Crippen molar-refractivity contribution in [1.29, 1.82) is 0 Å². The molecule has 0 unspecified atom stereocenters. The van der Waals surface area contributed by atoms with E-state index in [9.17, 15) is 14.4 Å². The van der Waals surface area contributed by atoms with Crippen molar-refractivity contribution in [3.8, 4) is 5.75 Å². The molecule has 3 aliphatic rings. The number of amides is 2. The number of rotatable bonds is 4. The van der Waals surface area contributed by atoms with Gasteiger partial charge in [-0.25, -0.2) is 0 Å². The molecule has 0 aliphatic carbocycles. The molecule has 198 valence electrons. The number of ether oxygens (including phenoxy) is 1. The fraction of sp³-hybridized carbons (Fsp3) is 0.367. The predicted molar refractivity (Wildman–Crippen MR) is 149 cm³/mol. The number of benzene rings is 3. The number of para-hydroxylation sites is 2. The summed E-state index contributed by atoms with van der Waals surface area (Å²) in [6.45, 7) is 3.03. The topological polar surface area (TPSA) is 91.0 Å². The third kappa shape index (κ3) is 4.84. The van der Waals surface area contributed by atoms with Crippen LogP contribution >= 0.6 is 0 Å². The van der Waals surface area contributed by atoms with Gasteiger partial charge in [-0.05, 0) is 61.9 Å². The Kier molecular flexibility index (Phi) is 7.33. The van der Waals surface area contributed by atoms with Gasteiger partial charge in [0, 0.05) is 30.6 Å². The average molecular weight is 515 g/mol. The molecule has 0 saturated carbocycles. The van der Waals surface area contributed by atoms with E-state index >= 15 is 0 Å². The third-order valence-corrected chi connectivity index (χ3v) is 7.65. The molecule has 3 aromatic rings. The zero-order valence-electron chi connectivity index (χ0n) is 22.1. The van der Waals surface area contributed by atoms with Crippen molar-refractivity contribution < 1.29 is 19.1 Å². The van der Waals surface area contributed by atoms with Gasteiger partial charge in [0.2, 0.25) is 5.91 Å². The number of nitrogens with one attached hydrogen (secondary N) is 2. The van der Waals surface area contributed by atoms with Crippen LogP contribution in [0.25, 0.3) is 10.8 Å². The van der Waals surface area contributed by atoms with Crippen LogP contribution in [0.2, 0.25) is 0 Å². The van der Waals surface area contributed by atoms with E-state index in [-0.39, 0.29) is 24.1 Å². The van der Waals surface area contributed by atoms with Crippen LogP contribution in [0.3, 0.4) is 0 Å². The van der Waals surface area contributed by atoms with Gasteiger partial charge < -0.3 is 25.2 Å². The highest BCUT2D eigenvalue weighted by Crippen LogP contribution is 2.37. The van der Waals surface area contributed by atoms with Crippen LogP contribution < -0.4 is 25.2 Å². The number of ketones is 1. The van der Waals surface area contributed by atoms with Crippen molar-refractivity contribution >= 4 is 39.7 Å². The zero-order chi connectivity index (χ0) is 26.8. The largest absolute Gasteiger partial charge is 0.496 e. The van der Waals surface area contributed by atoms with Crippen molar-refractivity contribution in [2.45, 2.75) is 44.8 Å². The third-order valence-electron chi connectivity index (χ3n) is 7.65. The molecule has 3 aliphatic heterocycles. The van der Waals surface area contributed by atoms with Crippen LogP contribution in [-0.2, 0) is 16.1 Å². The van der Waals surface area contributed by atoms with Gasteiger partial charge in [0.1, 0.15) is 11.8 Å². The minimum absolute atomic E-state index is 0.126. The maximum Gasteiger partial charge on any atom is 0.251 e. The maximum absolute atomic E-state index is 14.2. The maximum atomic E-state index is 14.2. The zero-order valence-corrected chi connectivity index (χ0v) is 22.1. The Hall–Kier alpha value is -3.91. The number of hydrogen-bond acceptors (Lipinski definition) is 6. The lowest BCUT2D eigenvalue weighted by molar-refractivity contribution is -0.128. The standard InChI is InChI=1S/C30H34N4O4/c1-19(31-2)29(36)32-24-18-33-15-7-6-10-27(35)21-11-13-22-20(16-21)12-14-28(38-3)23(22)17-34(30(24)37)26-9-5-4-8-25(26)33/h4-5,8-9,11-14,16,19,24,31H,6-7,10,15,17-18H2,1-3H3,(H,32,36)/t19-,24-/m0/s1. The highest BCUT2D eigenvalue weighted by atomic mass is 16.5. The van der Waals surface area contributed by atoms with Crippen LogP contribution in [0.4, 0.5) is 11.4 Å². The van der Waals surface area contributed by atoms with Gasteiger partial charge in [0.05, 0.1) is 31.1 Å². The fourth-order valence-electron chi connectivity index (χ4n) is 5.37. The van der Waals surface area contributed by atoms with Gasteiger partial charge in [0.25, 0.3) is 5.91 Å². The molecule has 0 spiro atoms. The summed E-state index contributed by atoms with van der Waals surface area (Å²) in [4.78, 5) is 44.0. The van der Waals surface area contributed by atoms with Gasteiger partial charge in [-0.15, -0.1) is 0 Å². The first-order valence-corrected chi connectivity index (χ1v) is 13.2. The SMILES string of the molecule is CN[C@@H](C)C(=O)N[C@H]1CN2CCCCC(=O)c3ccc4c(c(OC)ccc4c3)CN(C1=O)c1ccccc12. The molecule has 8 heteroatoms. The molecule has 2 amide bonds. The number of likely N-dealkylation sites (N-methyl/N-ethyl adjacent to an activating group) is 1. The predicted octanol–water partition coefficient (Wildman–Crippen LogP) is 3.66. The van der Waals surface area contributed by atoms with E-state index in [4.69, 9.17) is 4.74 Å². The van der Waals surface area contributed by atoms with Gasteiger partial charge >= 0.3 is 0 Å². The highest BCUT2D eigenvalue weighted by Gasteiger charge is 2.36. The molecular formula is C30H34N4O4. The number of carbonyl (C=O) groups excluding carboxylic acids is 3. The fourth-order valence-corrected chi connectivity index (χ4v) is 5.37. The van der Waals surface area contributed by atoms with Crippen molar-refractivity contribution in [3.63, 3.8) is 0 Å². The Morgan fingerprint density at radius 1 is 1.05 bits per heavy atom. The van der Waals surface area contributed by atoms with Crippen molar-refractivity contribution in [2.24, 2.45) is 0 Å². The Bertz CT molecular complexity index is 1390. The van der Waals surface area contributed by atoms with Gasteiger partial charge in [-0.2, -0.15) is 0 Å². The number of anilines is 2. The molecule has 2 N–H and O–H groups in total. The van der Waals surface area contributed by atoms with E-state index in [0.29, 0.717) is 30.8 Å². The molecule has 0 fully saturated rings. The van der Waals surface area contributed by atoms with Crippen LogP contribution in [0.5, 0.6) is 5.75 Å². The van der Waals surface area contributed by atoms with Crippen molar-refractivity contribution in [3.05, 3.63) is 65.7 Å². The number of carbonyl (C=O) groups is 3. The van der Waals surface area contributed by atoms with Gasteiger partial charge in [-0.1, -0.05) is 30.3 Å². The van der Waals surface area contributed by atoms with Crippen LogP contribution in [0.1, 0.15) is 42.1 Å². The Labute approximate surface area is 222 Å². The minimum atomic E-state index is -0.743. The number of hydrogen-bond donors (Lipinski definition) is 2. The van der Waals surface area contributed by atoms with Crippen LogP contribution in [0, 0.1) is 0 Å². The van der Waals surface area contributed by atoms with Crippen molar-refractivity contribution in [1.82, 2.24) is 10.6 Å². The van der Waals surface area contributed by atoms with Gasteiger partial charge in [-0.3, -0.25) is 14.4 Å². The average Bonchev–Trinajstić information content (AvgIpc) is 3.04. The molecule has 6 rings (SSSR count). The minimum Gasteiger partial charge on any atom is -0.496 e. The number of Topliss-reactive ketones (excluding diaryl/α,β-unsaturated/α-hetero) is 1. The lowest BCUT2D eigenvalue weighted by atomic mass is 9.97. The van der Waals surface area contributed by atoms with Crippen molar-refractivity contribution in [2.75, 3.05) is 37.0 Å². The number of fused-ring (bicyclic) bond motifs is 5. The first-order valence-electron chi connectivity index (χ1n) is 13.2. The summed E-state index contributed by atoms with van der Waals surface area (Å²) in [5.41, 5.74) is 3.27. The summed E-state index contributed by atoms with van der Waals surface area (Å²) in [5, 5.41) is 7.79. The molecular weight excluding hydrogens is 480 g/mol. The number of nitrogens with zero attached hydrogens (tertiary/aromatic N) is 2. The number of methoxy groups -OCH3 is 1. The lowest BCUT2D eigenvalue weighted by Gasteiger charge is -2.27. The second kappa shape index (κ2) is 10.8. The van der Waals surface area contributed by atoms with E-state index in [1.807, 2.05) is 54.6 Å². The second-order valence-corrected chi connectivity index (χ2v) is 9.99. The molecule has 0 aromatic heterocycles. The molecule has 8 nitrogen and oxygen atoms in total. The first-order chi connectivity index (χ1) is 18.4. The molecule has 3 aromatic carbocycles. The normalized spacial score (nSPS) is 18.7. The molecule has 0 saturated heterocycles. The first kappa shape index (κ1) is 25.7. The summed E-state index contributed by atoms with van der Waals surface area (Å²) < 4.78 is 5.74. The molecule has 3 heterocycles. The summed E-state index contributed by atoms with van der Waals surface area (Å²) in [6, 6.07) is 16.3. The lowest BCUT2D eigenvalue weighted by Crippen LogP contribution is -2.55. The molecule has 6 bridgehead atoms.